The maximum atomic E-state index is 12.0. The van der Waals surface area contributed by atoms with E-state index in [2.05, 4.69) is 43.5 Å². The van der Waals surface area contributed by atoms with Gasteiger partial charge in [-0.25, -0.2) is 4.79 Å². The Kier molecular flexibility index (Phi) is 5.21. The van der Waals surface area contributed by atoms with Gasteiger partial charge in [0, 0.05) is 18.5 Å². The molecule has 0 fully saturated rings. The van der Waals surface area contributed by atoms with Crippen LogP contribution < -0.4 is 10.6 Å². The molecule has 0 aliphatic heterocycles. The van der Waals surface area contributed by atoms with Gasteiger partial charge in [-0.2, -0.15) is 0 Å². The van der Waals surface area contributed by atoms with Crippen molar-refractivity contribution in [2.45, 2.75) is 32.7 Å². The highest BCUT2D eigenvalue weighted by atomic mass is 16.2. The molecule has 3 heteroatoms. The number of carbonyl (C=O) groups excluding carboxylic acids is 1. The van der Waals surface area contributed by atoms with E-state index >= 15 is 0 Å². The summed E-state index contributed by atoms with van der Waals surface area (Å²) < 4.78 is 0. The SMILES string of the molecule is Cc1ccccc1C(C)(C)CNC(=O)NCc1ccccc1. The van der Waals surface area contributed by atoms with Gasteiger partial charge in [0.05, 0.1) is 0 Å². The summed E-state index contributed by atoms with van der Waals surface area (Å²) in [5, 5.41) is 5.86. The topological polar surface area (TPSA) is 41.1 Å². The van der Waals surface area contributed by atoms with Gasteiger partial charge in [0.15, 0.2) is 0 Å². The van der Waals surface area contributed by atoms with E-state index in [1.807, 2.05) is 42.5 Å². The van der Waals surface area contributed by atoms with Crippen LogP contribution in [-0.2, 0) is 12.0 Å². The average molecular weight is 296 g/mol. The monoisotopic (exact) mass is 296 g/mol. The van der Waals surface area contributed by atoms with E-state index in [9.17, 15) is 4.79 Å². The summed E-state index contributed by atoms with van der Waals surface area (Å²) in [5.74, 6) is 0. The van der Waals surface area contributed by atoms with Gasteiger partial charge in [-0.15, -0.1) is 0 Å². The third-order valence-electron chi connectivity index (χ3n) is 3.86. The molecule has 0 aromatic heterocycles. The minimum absolute atomic E-state index is 0.102. The van der Waals surface area contributed by atoms with Crippen molar-refractivity contribution in [3.05, 3.63) is 71.3 Å². The molecule has 116 valence electrons. The molecule has 0 heterocycles. The largest absolute Gasteiger partial charge is 0.337 e. The maximum Gasteiger partial charge on any atom is 0.315 e. The van der Waals surface area contributed by atoms with Crippen molar-refractivity contribution in [3.63, 3.8) is 0 Å². The van der Waals surface area contributed by atoms with Crippen molar-refractivity contribution in [3.8, 4) is 0 Å². The summed E-state index contributed by atoms with van der Waals surface area (Å²) in [6.45, 7) is 7.53. The van der Waals surface area contributed by atoms with Crippen molar-refractivity contribution in [1.82, 2.24) is 10.6 Å². The van der Waals surface area contributed by atoms with Crippen LogP contribution in [0.4, 0.5) is 4.79 Å². The van der Waals surface area contributed by atoms with Crippen LogP contribution in [0.3, 0.4) is 0 Å². The normalized spacial score (nSPS) is 11.0. The Balaban J connectivity index is 1.86. The van der Waals surface area contributed by atoms with Gasteiger partial charge in [0.1, 0.15) is 0 Å². The molecule has 0 saturated heterocycles. The van der Waals surface area contributed by atoms with Gasteiger partial charge in [-0.3, -0.25) is 0 Å². The van der Waals surface area contributed by atoms with Crippen molar-refractivity contribution in [2.75, 3.05) is 6.54 Å². The Labute approximate surface area is 132 Å². The predicted molar refractivity (Wildman–Crippen MR) is 90.9 cm³/mol. The molecule has 2 N–H and O–H groups in total. The van der Waals surface area contributed by atoms with Gasteiger partial charge < -0.3 is 10.6 Å². The molecular formula is C19H24N2O. The standard InChI is InChI=1S/C19H24N2O/c1-15-9-7-8-12-17(15)19(2,3)14-21-18(22)20-13-16-10-5-4-6-11-16/h4-12H,13-14H2,1-3H3,(H2,20,21,22). The molecule has 0 radical (unpaired) electrons. The molecule has 2 aromatic carbocycles. The molecule has 0 aliphatic rings. The second-order valence-electron chi connectivity index (χ2n) is 6.22. The van der Waals surface area contributed by atoms with E-state index in [0.29, 0.717) is 13.1 Å². The number of nitrogens with one attached hydrogen (secondary N) is 2. The Morgan fingerprint density at radius 2 is 1.59 bits per heavy atom. The first-order valence-electron chi connectivity index (χ1n) is 7.61. The first kappa shape index (κ1) is 16.1. The van der Waals surface area contributed by atoms with Crippen LogP contribution in [0.15, 0.2) is 54.6 Å². The fourth-order valence-corrected chi connectivity index (χ4v) is 2.57. The third kappa shape index (κ3) is 4.35. The molecular weight excluding hydrogens is 272 g/mol. The van der Waals surface area contributed by atoms with E-state index < -0.39 is 0 Å². The Morgan fingerprint density at radius 3 is 2.27 bits per heavy atom. The fourth-order valence-electron chi connectivity index (χ4n) is 2.57. The van der Waals surface area contributed by atoms with Crippen LogP contribution in [0, 0.1) is 6.92 Å². The van der Waals surface area contributed by atoms with E-state index in [1.165, 1.54) is 11.1 Å². The van der Waals surface area contributed by atoms with Gasteiger partial charge in [0.25, 0.3) is 0 Å². The number of aryl methyl sites for hydroxylation is 1. The molecule has 22 heavy (non-hydrogen) atoms. The second-order valence-corrected chi connectivity index (χ2v) is 6.22. The molecule has 2 amide bonds. The number of urea groups is 1. The van der Waals surface area contributed by atoms with E-state index in [4.69, 9.17) is 0 Å². The van der Waals surface area contributed by atoms with Crippen molar-refractivity contribution in [2.24, 2.45) is 0 Å². The molecule has 0 unspecified atom stereocenters. The molecule has 3 nitrogen and oxygen atoms in total. The van der Waals surface area contributed by atoms with Crippen molar-refractivity contribution >= 4 is 6.03 Å². The van der Waals surface area contributed by atoms with Crippen LogP contribution >= 0.6 is 0 Å². The minimum atomic E-state index is -0.134. The third-order valence-corrected chi connectivity index (χ3v) is 3.86. The number of hydrogen-bond acceptors (Lipinski definition) is 1. The summed E-state index contributed by atoms with van der Waals surface area (Å²) >= 11 is 0. The molecule has 2 aromatic rings. The number of benzene rings is 2. The van der Waals surface area contributed by atoms with Crippen molar-refractivity contribution in [1.29, 1.82) is 0 Å². The van der Waals surface area contributed by atoms with Crippen LogP contribution in [0.25, 0.3) is 0 Å². The lowest BCUT2D eigenvalue weighted by atomic mass is 9.82. The lowest BCUT2D eigenvalue weighted by molar-refractivity contribution is 0.238. The first-order chi connectivity index (χ1) is 10.5. The zero-order valence-corrected chi connectivity index (χ0v) is 13.5. The van der Waals surface area contributed by atoms with E-state index in [1.54, 1.807) is 0 Å². The van der Waals surface area contributed by atoms with Gasteiger partial charge >= 0.3 is 6.03 Å². The van der Waals surface area contributed by atoms with Crippen LogP contribution in [0.2, 0.25) is 0 Å². The summed E-state index contributed by atoms with van der Waals surface area (Å²) in [6.07, 6.45) is 0. The highest BCUT2D eigenvalue weighted by Gasteiger charge is 2.22. The zero-order valence-electron chi connectivity index (χ0n) is 13.5. The lowest BCUT2D eigenvalue weighted by Gasteiger charge is -2.27. The predicted octanol–water partition coefficient (Wildman–Crippen LogP) is 3.77. The van der Waals surface area contributed by atoms with Crippen LogP contribution in [0.5, 0.6) is 0 Å². The average Bonchev–Trinajstić information content (AvgIpc) is 2.52. The zero-order chi connectivity index (χ0) is 16.0. The number of rotatable bonds is 5. The van der Waals surface area contributed by atoms with E-state index in [0.717, 1.165) is 5.56 Å². The molecule has 0 atom stereocenters. The fraction of sp³-hybridized carbons (Fsp3) is 0.316. The van der Waals surface area contributed by atoms with Crippen LogP contribution in [-0.4, -0.2) is 12.6 Å². The highest BCUT2D eigenvalue weighted by Crippen LogP contribution is 2.25. The second kappa shape index (κ2) is 7.12. The van der Waals surface area contributed by atoms with Crippen LogP contribution in [0.1, 0.15) is 30.5 Å². The molecule has 0 bridgehead atoms. The van der Waals surface area contributed by atoms with Crippen molar-refractivity contribution < 1.29 is 4.79 Å². The lowest BCUT2D eigenvalue weighted by Crippen LogP contribution is -2.42. The molecule has 0 saturated carbocycles. The Bertz CT molecular complexity index is 620. The van der Waals surface area contributed by atoms with E-state index in [-0.39, 0.29) is 11.4 Å². The molecule has 0 spiro atoms. The van der Waals surface area contributed by atoms with Gasteiger partial charge in [0.2, 0.25) is 0 Å². The Morgan fingerprint density at radius 1 is 0.955 bits per heavy atom. The number of amides is 2. The smallest absolute Gasteiger partial charge is 0.315 e. The summed E-state index contributed by atoms with van der Waals surface area (Å²) in [4.78, 5) is 12.0. The molecule has 0 aliphatic carbocycles. The minimum Gasteiger partial charge on any atom is -0.337 e. The van der Waals surface area contributed by atoms with Gasteiger partial charge in [-0.05, 0) is 23.6 Å². The number of carbonyl (C=O) groups is 1. The first-order valence-corrected chi connectivity index (χ1v) is 7.61. The molecule has 2 rings (SSSR count). The maximum absolute atomic E-state index is 12.0. The summed E-state index contributed by atoms with van der Waals surface area (Å²) in [7, 11) is 0. The van der Waals surface area contributed by atoms with Gasteiger partial charge in [-0.1, -0.05) is 68.4 Å². The number of hydrogen-bond donors (Lipinski definition) is 2. The summed E-state index contributed by atoms with van der Waals surface area (Å²) in [5.41, 5.74) is 3.50. The Hall–Kier alpha value is -2.29. The summed E-state index contributed by atoms with van der Waals surface area (Å²) in [6, 6.07) is 18.1. The highest BCUT2D eigenvalue weighted by molar-refractivity contribution is 5.74. The quantitative estimate of drug-likeness (QED) is 0.866.